The predicted octanol–water partition coefficient (Wildman–Crippen LogP) is 6.05. The summed E-state index contributed by atoms with van der Waals surface area (Å²) in [6, 6.07) is 15.7. The summed E-state index contributed by atoms with van der Waals surface area (Å²) in [6.07, 6.45) is 5.51. The Morgan fingerprint density at radius 1 is 0.594 bits per heavy atom. The van der Waals surface area contributed by atoms with Gasteiger partial charge in [0.05, 0.1) is 51.2 Å². The highest BCUT2D eigenvalue weighted by Gasteiger charge is 2.51. The second-order valence-corrected chi connectivity index (χ2v) is 31.5. The van der Waals surface area contributed by atoms with Gasteiger partial charge in [-0.25, -0.2) is 19.2 Å². The van der Waals surface area contributed by atoms with E-state index in [4.69, 9.17) is 40.3 Å². The van der Waals surface area contributed by atoms with Crippen LogP contribution in [0.4, 0.5) is 14.4 Å². The van der Waals surface area contributed by atoms with Crippen molar-refractivity contribution in [2.24, 2.45) is 44.8 Å². The van der Waals surface area contributed by atoms with Gasteiger partial charge in [0, 0.05) is 44.4 Å². The molecule has 6 bridgehead atoms. The van der Waals surface area contributed by atoms with Crippen LogP contribution in [0, 0.1) is 21.7 Å². The Balaban J connectivity index is 0.000000435. The van der Waals surface area contributed by atoms with Crippen LogP contribution in [0.15, 0.2) is 65.1 Å². The van der Waals surface area contributed by atoms with Crippen molar-refractivity contribution in [3.63, 3.8) is 0 Å². The van der Waals surface area contributed by atoms with Crippen LogP contribution in [0.3, 0.4) is 0 Å². The van der Waals surface area contributed by atoms with Crippen LogP contribution in [0.25, 0.3) is 0 Å². The molecule has 6 aliphatic heterocycles. The van der Waals surface area contributed by atoms with Gasteiger partial charge in [-0.3, -0.25) is 49.9 Å². The molecule has 0 saturated carbocycles. The zero-order valence-electron chi connectivity index (χ0n) is 61.1. The summed E-state index contributed by atoms with van der Waals surface area (Å²) in [4.78, 5) is 120. The number of carbonyl (C=O) groups excluding carboxylic acids is 7. The highest BCUT2D eigenvalue weighted by Crippen LogP contribution is 2.39. The maximum atomic E-state index is 12.7. The first-order valence-corrected chi connectivity index (χ1v) is 34.4. The average molecular weight is 1450 g/mol. The number of aliphatic carboxylic acids is 2. The summed E-state index contributed by atoms with van der Waals surface area (Å²) in [5.41, 5.74) is 12.5. The minimum Gasteiger partial charge on any atom is -0.481 e. The summed E-state index contributed by atoms with van der Waals surface area (Å²) in [5.74, 6) is 6.71. The third kappa shape index (κ3) is 32.0. The molecule has 0 radical (unpaired) electrons. The number of ether oxygens (including phenoxy) is 1. The average Bonchev–Trinajstić information content (AvgIpc) is 1.64. The van der Waals surface area contributed by atoms with Crippen molar-refractivity contribution in [1.29, 1.82) is 0 Å². The number of ketones is 2. The number of hydrogen-bond donors (Lipinski definition) is 8. The number of benzene rings is 2. The van der Waals surface area contributed by atoms with Gasteiger partial charge >= 0.3 is 46.4 Å². The van der Waals surface area contributed by atoms with Crippen molar-refractivity contribution >= 4 is 63.9 Å². The number of fused-ring (bicyclic) bond motifs is 6. The van der Waals surface area contributed by atoms with Gasteiger partial charge in [-0.2, -0.15) is 23.6 Å². The maximum Gasteiger partial charge on any atom is 0.418 e. The van der Waals surface area contributed by atoms with Gasteiger partial charge in [-0.05, 0) is 85.2 Å². The zero-order valence-corrected chi connectivity index (χ0v) is 62.0. The van der Waals surface area contributed by atoms with E-state index < -0.39 is 58.1 Å². The van der Waals surface area contributed by atoms with E-state index in [0.29, 0.717) is 101 Å². The molecule has 6 aliphatic rings. The molecule has 34 heteroatoms. The largest absolute Gasteiger partial charge is 0.481 e. The predicted molar refractivity (Wildman–Crippen MR) is 370 cm³/mol. The third-order valence-corrected chi connectivity index (χ3v) is 15.6. The fraction of sp³-hybridized carbons (Fsp3) is 0.657. The molecule has 0 unspecified atom stereocenters. The van der Waals surface area contributed by atoms with Gasteiger partial charge in [-0.1, -0.05) is 144 Å². The normalized spacial score (nSPS) is 19.9. The number of hydroxylamine groups is 6. The van der Waals surface area contributed by atoms with Gasteiger partial charge in [0.2, 0.25) is 17.7 Å². The van der Waals surface area contributed by atoms with E-state index in [2.05, 4.69) is 36.2 Å². The molecule has 33 nitrogen and oxygen atoms in total. The molecule has 2 aromatic carbocycles. The Morgan fingerprint density at radius 3 is 1.40 bits per heavy atom. The lowest BCUT2D eigenvalue weighted by molar-refractivity contribution is -0.144. The SMILES string of the molecule is CC(C)(C)CC(=O)CN.CC(C)(C)CC(=O)CNC(=O)[C@@H]1CC[C@@H]2CN1C(=O)N2OCc1ccccc1.CC(C)(C)CC(=O)O.CC(C)(N)Cc1nnc([C@@H]2CC[C@@H]3CN2C(=O)N3OS(=O)(=O)O)o1.COC(=O)CC(C)(C)C.NN.O.O=C(O)[C@@H]1CC[C@@H]2CN1C(=O)N2OCc1ccccc1. The van der Waals surface area contributed by atoms with Crippen LogP contribution >= 0.6 is 0 Å². The maximum absolute atomic E-state index is 12.7. The summed E-state index contributed by atoms with van der Waals surface area (Å²) in [7, 11) is -3.35. The van der Waals surface area contributed by atoms with E-state index in [1.165, 1.54) is 27.0 Å². The Morgan fingerprint density at radius 2 is 1.01 bits per heavy atom. The number of Topliss-reactive ketones (excluding diaryl/α,β-unsaturated/α-hetero) is 2. The number of esters is 1. The Kier molecular flexibility index (Phi) is 35.0. The minimum atomic E-state index is -4.76. The summed E-state index contributed by atoms with van der Waals surface area (Å²) in [6.45, 7) is 29.4. The number of rotatable bonds is 20. The molecule has 6 atom stereocenters. The number of hydrazine groups is 1. The molecule has 101 heavy (non-hydrogen) atoms. The van der Waals surface area contributed by atoms with Gasteiger partial charge in [0.1, 0.15) is 37.1 Å². The fourth-order valence-electron chi connectivity index (χ4n) is 11.1. The minimum absolute atomic E-state index is 0. The Hall–Kier alpha value is -7.80. The number of nitrogens with one attached hydrogen (secondary N) is 1. The van der Waals surface area contributed by atoms with Crippen molar-refractivity contribution in [3.05, 3.63) is 83.6 Å². The van der Waals surface area contributed by atoms with E-state index in [9.17, 15) is 51.6 Å². The molecule has 0 spiro atoms. The highest BCUT2D eigenvalue weighted by atomic mass is 32.3. The molecular weight excluding hydrogens is 1340 g/mol. The summed E-state index contributed by atoms with van der Waals surface area (Å²) >= 11 is 0. The number of methoxy groups -OCH3 is 1. The van der Waals surface area contributed by atoms with Crippen molar-refractivity contribution in [3.8, 4) is 0 Å². The van der Waals surface area contributed by atoms with Crippen LogP contribution in [0.2, 0.25) is 0 Å². The van der Waals surface area contributed by atoms with Crippen molar-refractivity contribution in [2.75, 3.05) is 39.8 Å². The van der Waals surface area contributed by atoms with E-state index >= 15 is 0 Å². The van der Waals surface area contributed by atoms with Crippen LogP contribution in [0.1, 0.15) is 190 Å². The van der Waals surface area contributed by atoms with Crippen LogP contribution in [-0.2, 0) is 77.5 Å². The molecule has 6 fully saturated rings. The second kappa shape index (κ2) is 39.6. The lowest BCUT2D eigenvalue weighted by atomic mass is 9.90. The lowest BCUT2D eigenvalue weighted by Gasteiger charge is -2.29. The van der Waals surface area contributed by atoms with Crippen LogP contribution in [0.5, 0.6) is 0 Å². The van der Waals surface area contributed by atoms with Gasteiger partial charge in [-0.15, -0.1) is 14.5 Å². The molecule has 6 saturated heterocycles. The number of nitrogens with zero attached hydrogens (tertiary/aromatic N) is 8. The molecule has 3 aromatic rings. The molecule has 0 aliphatic carbocycles. The van der Waals surface area contributed by atoms with Gasteiger partial charge in [0.15, 0.2) is 5.78 Å². The fourth-order valence-corrected chi connectivity index (χ4v) is 11.5. The highest BCUT2D eigenvalue weighted by molar-refractivity contribution is 7.80. The standard InChI is InChI=1S/C21H29N3O4.C14H16N2O4.C12H19N5O6S.C7H15NO.C7H14O2.C6H12O2.H4N2.H2O/c1-21(2,3)11-17(25)12-22-19(26)18-10-9-16-13-23(18)20(27)24(16)28-14-15-7-5-4-6-8-15;17-13(18)12-7-6-11-8-15(12)14(19)16(11)20-9-10-4-2-1-3-5-10;1-12(2,13)5-9-14-15-10(22-9)8-4-3-7-6-16(8)11(18)17(7)23-24(19,20)21;1-7(2,3)4-6(9)5-8;1-7(2,3)5-6(8)9-4;1-6(2,3)4-5(7)8;1-2;/h4-8,16,18H,9-14H2,1-3H3,(H,22,26);1-5,11-12H,6-9H2,(H,17,18);7-8H,3-6,13H2,1-2H3,(H,19,20,21);4-5,8H2,1-3H3;5H2,1-4H3;4H2,1-3H3,(H,7,8);1-2H2;1H2/t16-,18+;11-,12+;7-,8+;;;;;/m111...../s1. The molecule has 1 aromatic heterocycles. The first-order chi connectivity index (χ1) is 46.3. The molecular formula is C67H111N13O20S. The lowest BCUT2D eigenvalue weighted by Crippen LogP contribution is -2.50. The number of amides is 7. The van der Waals surface area contributed by atoms with Gasteiger partial charge in [0.25, 0.3) is 0 Å². The number of carboxylic acids is 2. The first kappa shape index (κ1) is 89.3. The number of aromatic nitrogens is 2. The summed E-state index contributed by atoms with van der Waals surface area (Å²) < 4.78 is 45.0. The monoisotopic (exact) mass is 1450 g/mol. The topological polar surface area (TPSA) is 491 Å². The Labute approximate surface area is 592 Å². The number of carboxylic acid groups (broad SMARTS) is 2. The molecule has 570 valence electrons. The number of carbonyl (C=O) groups is 9. The quantitative estimate of drug-likeness (QED) is 0.0276. The van der Waals surface area contributed by atoms with Crippen molar-refractivity contribution < 1.29 is 94.9 Å². The van der Waals surface area contributed by atoms with E-state index in [0.717, 1.165) is 11.1 Å². The smallest absolute Gasteiger partial charge is 0.418 e. The zero-order chi connectivity index (χ0) is 75.9. The Bertz CT molecular complexity index is 3250. The molecule has 7 heterocycles. The van der Waals surface area contributed by atoms with Crippen molar-refractivity contribution in [1.82, 2.24) is 45.4 Å². The number of piperidine rings is 3. The number of nitrogens with two attached hydrogens (primary N) is 4. The third-order valence-electron chi connectivity index (χ3n) is 15.3. The van der Waals surface area contributed by atoms with Gasteiger partial charge < -0.3 is 56.3 Å². The van der Waals surface area contributed by atoms with E-state index in [-0.39, 0.29) is 107 Å². The number of hydrogen-bond acceptors (Lipinski definition) is 22. The van der Waals surface area contributed by atoms with Crippen molar-refractivity contribution in [2.45, 2.75) is 223 Å². The first-order valence-electron chi connectivity index (χ1n) is 33.0. The molecule has 7 amide bonds. The molecule has 9 rings (SSSR count). The van der Waals surface area contributed by atoms with E-state index in [1.54, 1.807) is 4.90 Å². The number of urea groups is 3. The summed E-state index contributed by atoms with van der Waals surface area (Å²) in [5, 5.41) is 31.4. The second-order valence-electron chi connectivity index (χ2n) is 30.5. The van der Waals surface area contributed by atoms with Crippen LogP contribution in [-0.4, -0.2) is 198 Å². The van der Waals surface area contributed by atoms with Crippen LogP contribution < -0.4 is 28.5 Å². The van der Waals surface area contributed by atoms with E-state index in [1.807, 2.05) is 158 Å². The molecule has 14 N–H and O–H groups in total.